The van der Waals surface area contributed by atoms with Gasteiger partial charge in [0.15, 0.2) is 0 Å². The molecule has 0 aliphatic rings. The van der Waals surface area contributed by atoms with Crippen LogP contribution in [0.15, 0.2) is 60.8 Å². The minimum atomic E-state index is -0.862. The van der Waals surface area contributed by atoms with Crippen LogP contribution < -0.4 is 5.32 Å². The summed E-state index contributed by atoms with van der Waals surface area (Å²) in [6.07, 6.45) is 78.3. The second kappa shape index (κ2) is 60.1. The van der Waals surface area contributed by atoms with Crippen molar-refractivity contribution >= 4 is 11.9 Å². The summed E-state index contributed by atoms with van der Waals surface area (Å²) < 4.78 is 5.44. The lowest BCUT2D eigenvalue weighted by Gasteiger charge is -2.20. The van der Waals surface area contributed by atoms with Crippen LogP contribution in [0, 0.1) is 0 Å². The van der Waals surface area contributed by atoms with Crippen molar-refractivity contribution in [1.29, 1.82) is 0 Å². The number of ether oxygens (including phenoxy) is 1. The van der Waals surface area contributed by atoms with Crippen molar-refractivity contribution < 1.29 is 24.5 Å². The van der Waals surface area contributed by atoms with Gasteiger partial charge in [-0.25, -0.2) is 0 Å². The summed E-state index contributed by atoms with van der Waals surface area (Å²) in [7, 11) is 0. The average Bonchev–Trinajstić information content (AvgIpc) is 3.37. The van der Waals surface area contributed by atoms with Crippen LogP contribution in [0.4, 0.5) is 0 Å². The normalized spacial score (nSPS) is 13.0. The predicted octanol–water partition coefficient (Wildman–Crippen LogP) is 19.5. The van der Waals surface area contributed by atoms with E-state index in [0.717, 1.165) is 89.9 Å². The second-order valence-corrected chi connectivity index (χ2v) is 21.1. The van der Waals surface area contributed by atoms with Gasteiger partial charge in [-0.2, -0.15) is 0 Å². The van der Waals surface area contributed by atoms with Crippen molar-refractivity contribution in [2.75, 3.05) is 13.2 Å². The van der Waals surface area contributed by atoms with Crippen molar-refractivity contribution in [3.8, 4) is 0 Å². The fraction of sp³-hybridized carbons (Fsp3) is 0.815. The molecule has 0 rings (SSSR count). The number of allylic oxidation sites excluding steroid dienone is 9. The molecule has 0 radical (unpaired) electrons. The highest BCUT2D eigenvalue weighted by Crippen LogP contribution is 2.17. The Morgan fingerprint density at radius 2 is 0.761 bits per heavy atom. The number of esters is 1. The van der Waals surface area contributed by atoms with Crippen LogP contribution in [0.5, 0.6) is 0 Å². The van der Waals surface area contributed by atoms with Crippen molar-refractivity contribution in [2.45, 2.75) is 328 Å². The van der Waals surface area contributed by atoms with Gasteiger partial charge in [-0.1, -0.05) is 274 Å². The number of amides is 1. The molecule has 2 atom stereocenters. The number of hydrogen-bond donors (Lipinski definition) is 3. The molecule has 0 aliphatic heterocycles. The molecule has 0 saturated heterocycles. The lowest BCUT2D eigenvalue weighted by atomic mass is 10.0. The Hall–Kier alpha value is -2.44. The molecule has 71 heavy (non-hydrogen) atoms. The van der Waals surface area contributed by atoms with Crippen LogP contribution in [0.2, 0.25) is 0 Å². The standard InChI is InChI=1S/C65H119NO5/c1-3-5-7-9-11-13-15-17-19-20-21-22-23-24-25-26-27-28-30-33-37-41-45-49-53-57-63(68)62(61-67)66-64(69)58-54-50-46-42-38-34-31-29-32-36-40-44-48-52-56-60-71-65(70)59-55-51-47-43-39-35-18-16-14-12-10-8-6-4-2/h10,12,16,18,29,32,36,40,53,57,62-63,67-68H,3-9,11,13-15,17,19-28,30-31,33-35,37-39,41-52,54-56,58-61H2,1-2H3,(H,66,69)/b12-10-,18-16-,32-29-,40-36-,57-53+. The molecule has 0 aromatic heterocycles. The predicted molar refractivity (Wildman–Crippen MR) is 310 cm³/mol. The van der Waals surface area contributed by atoms with Gasteiger partial charge in [0, 0.05) is 12.8 Å². The Balaban J connectivity index is 3.55. The minimum Gasteiger partial charge on any atom is -0.466 e. The summed E-state index contributed by atoms with van der Waals surface area (Å²) in [6.45, 7) is 4.81. The van der Waals surface area contributed by atoms with E-state index in [1.54, 1.807) is 6.08 Å². The van der Waals surface area contributed by atoms with Crippen molar-refractivity contribution in [2.24, 2.45) is 0 Å². The zero-order chi connectivity index (χ0) is 51.4. The SMILES string of the molecule is CCCC/C=C\C/C=C\CCCCCCCC(=O)OCCCCC/C=C\C=C/CCCCCCCCC(=O)NC(CO)C(O)/C=C/CCCCCCCCCCCCCCCCCCCCCCCCC. The van der Waals surface area contributed by atoms with Crippen LogP contribution >= 0.6 is 0 Å². The number of aliphatic hydroxyl groups is 2. The molecule has 0 aromatic carbocycles. The van der Waals surface area contributed by atoms with Gasteiger partial charge in [0.1, 0.15) is 0 Å². The summed E-state index contributed by atoms with van der Waals surface area (Å²) in [5, 5.41) is 23.2. The summed E-state index contributed by atoms with van der Waals surface area (Å²) in [6, 6.07) is -0.648. The molecule has 0 aromatic rings. The molecule has 6 heteroatoms. The van der Waals surface area contributed by atoms with Crippen molar-refractivity contribution in [3.05, 3.63) is 60.8 Å². The lowest BCUT2D eigenvalue weighted by Crippen LogP contribution is -2.45. The summed E-state index contributed by atoms with van der Waals surface area (Å²) in [4.78, 5) is 24.5. The number of aliphatic hydroxyl groups excluding tert-OH is 2. The van der Waals surface area contributed by atoms with E-state index >= 15 is 0 Å². The molecule has 1 amide bonds. The largest absolute Gasteiger partial charge is 0.466 e. The molecular weight excluding hydrogens is 875 g/mol. The quantitative estimate of drug-likeness (QED) is 0.0244. The van der Waals surface area contributed by atoms with E-state index in [-0.39, 0.29) is 18.5 Å². The van der Waals surface area contributed by atoms with Crippen LogP contribution in [0.1, 0.15) is 316 Å². The lowest BCUT2D eigenvalue weighted by molar-refractivity contribution is -0.143. The van der Waals surface area contributed by atoms with E-state index in [1.807, 2.05) is 6.08 Å². The van der Waals surface area contributed by atoms with E-state index in [0.29, 0.717) is 19.4 Å². The fourth-order valence-corrected chi connectivity index (χ4v) is 9.23. The highest BCUT2D eigenvalue weighted by Gasteiger charge is 2.18. The number of hydrogen-bond acceptors (Lipinski definition) is 5. The molecule has 2 unspecified atom stereocenters. The first-order valence-corrected chi connectivity index (χ1v) is 31.1. The minimum absolute atomic E-state index is 0.0377. The molecular formula is C65H119NO5. The summed E-state index contributed by atoms with van der Waals surface area (Å²) in [5.41, 5.74) is 0. The monoisotopic (exact) mass is 994 g/mol. The third-order valence-electron chi connectivity index (χ3n) is 14.0. The zero-order valence-electron chi connectivity index (χ0n) is 47.2. The number of carbonyl (C=O) groups is 2. The number of unbranched alkanes of at least 4 members (excludes halogenated alkanes) is 39. The van der Waals surface area contributed by atoms with Gasteiger partial charge in [0.05, 0.1) is 25.4 Å². The van der Waals surface area contributed by atoms with Crippen LogP contribution in [0.25, 0.3) is 0 Å². The molecule has 0 spiro atoms. The maximum absolute atomic E-state index is 12.5. The Bertz CT molecular complexity index is 1240. The van der Waals surface area contributed by atoms with E-state index in [9.17, 15) is 19.8 Å². The third kappa shape index (κ3) is 56.7. The summed E-state index contributed by atoms with van der Waals surface area (Å²) in [5.74, 6) is -0.127. The first-order chi connectivity index (χ1) is 35.0. The average molecular weight is 995 g/mol. The Morgan fingerprint density at radius 1 is 0.408 bits per heavy atom. The molecule has 0 bridgehead atoms. The van der Waals surface area contributed by atoms with Gasteiger partial charge < -0.3 is 20.3 Å². The molecule has 414 valence electrons. The Labute approximate surface area is 441 Å². The van der Waals surface area contributed by atoms with Gasteiger partial charge in [0.25, 0.3) is 0 Å². The number of carbonyl (C=O) groups excluding carboxylic acids is 2. The maximum Gasteiger partial charge on any atom is 0.305 e. The first kappa shape index (κ1) is 68.6. The first-order valence-electron chi connectivity index (χ1n) is 31.1. The van der Waals surface area contributed by atoms with Crippen LogP contribution in [-0.4, -0.2) is 47.4 Å². The fourth-order valence-electron chi connectivity index (χ4n) is 9.23. The van der Waals surface area contributed by atoms with Crippen LogP contribution in [0.3, 0.4) is 0 Å². The van der Waals surface area contributed by atoms with E-state index < -0.39 is 12.1 Å². The van der Waals surface area contributed by atoms with Gasteiger partial charge in [-0.05, 0) is 89.9 Å². The van der Waals surface area contributed by atoms with E-state index in [2.05, 4.69) is 67.8 Å². The Kier molecular flexibility index (Phi) is 58.1. The van der Waals surface area contributed by atoms with E-state index in [4.69, 9.17) is 4.74 Å². The highest BCUT2D eigenvalue weighted by atomic mass is 16.5. The third-order valence-corrected chi connectivity index (χ3v) is 14.0. The van der Waals surface area contributed by atoms with Crippen molar-refractivity contribution in [3.63, 3.8) is 0 Å². The number of rotatable bonds is 57. The topological polar surface area (TPSA) is 95.9 Å². The van der Waals surface area contributed by atoms with Gasteiger partial charge in [-0.15, -0.1) is 0 Å². The van der Waals surface area contributed by atoms with Crippen molar-refractivity contribution in [1.82, 2.24) is 5.32 Å². The maximum atomic E-state index is 12.5. The number of nitrogens with one attached hydrogen (secondary N) is 1. The molecule has 6 nitrogen and oxygen atoms in total. The van der Waals surface area contributed by atoms with Gasteiger partial charge in [0.2, 0.25) is 5.91 Å². The molecule has 3 N–H and O–H groups in total. The van der Waals surface area contributed by atoms with E-state index in [1.165, 1.54) is 199 Å². The molecule has 0 aliphatic carbocycles. The molecule has 0 saturated carbocycles. The molecule has 0 fully saturated rings. The smallest absolute Gasteiger partial charge is 0.305 e. The van der Waals surface area contributed by atoms with Gasteiger partial charge in [-0.3, -0.25) is 9.59 Å². The zero-order valence-corrected chi connectivity index (χ0v) is 47.2. The second-order valence-electron chi connectivity index (χ2n) is 21.1. The molecule has 0 heterocycles. The summed E-state index contributed by atoms with van der Waals surface area (Å²) >= 11 is 0. The van der Waals surface area contributed by atoms with Gasteiger partial charge >= 0.3 is 5.97 Å². The van der Waals surface area contributed by atoms with Crippen LogP contribution in [-0.2, 0) is 14.3 Å². The Morgan fingerprint density at radius 3 is 1.20 bits per heavy atom. The highest BCUT2D eigenvalue weighted by molar-refractivity contribution is 5.76.